The molecule has 0 spiro atoms. The van der Waals surface area contributed by atoms with Gasteiger partial charge in [0, 0.05) is 46.0 Å². The van der Waals surface area contributed by atoms with Gasteiger partial charge in [0.1, 0.15) is 0 Å². The molecule has 0 aliphatic heterocycles. The Balaban J connectivity index is 1.82. The predicted molar refractivity (Wildman–Crippen MR) is 215 cm³/mol. The monoisotopic (exact) mass is 698 g/mol. The molecule has 0 aliphatic rings. The van der Waals surface area contributed by atoms with Crippen molar-refractivity contribution in [2.45, 2.75) is 111 Å². The summed E-state index contributed by atoms with van der Waals surface area (Å²) in [6.45, 7) is 10.9. The second-order valence-corrected chi connectivity index (χ2v) is 16.4. The maximum atomic E-state index is 4.48. The molecule has 7 heteroatoms. The van der Waals surface area contributed by atoms with E-state index in [4.69, 9.17) is 0 Å². The van der Waals surface area contributed by atoms with E-state index < -0.39 is 0 Å². The summed E-state index contributed by atoms with van der Waals surface area (Å²) < 4.78 is 7.51. The van der Waals surface area contributed by atoms with E-state index in [0.29, 0.717) is 0 Å². The molecule has 0 saturated heterocycles. The first-order valence-corrected chi connectivity index (χ1v) is 21.3. The number of nitrogens with zero attached hydrogens (tertiary/aromatic N) is 1. The number of unbranched alkanes of at least 4 members (excludes halogenated alkanes) is 10. The summed E-state index contributed by atoms with van der Waals surface area (Å²) in [5.74, 6) is 0. The Morgan fingerprint density at radius 1 is 0.822 bits per heavy atom. The zero-order chi connectivity index (χ0) is 32.3. The van der Waals surface area contributed by atoms with Crippen molar-refractivity contribution in [3.8, 4) is 19.5 Å². The summed E-state index contributed by atoms with van der Waals surface area (Å²) in [5, 5.41) is 0. The van der Waals surface area contributed by atoms with Gasteiger partial charge >= 0.3 is 0 Å². The molecular weight excluding hydrogens is 645 g/mol. The van der Waals surface area contributed by atoms with Gasteiger partial charge in [0.25, 0.3) is 0 Å². The van der Waals surface area contributed by atoms with Crippen LogP contribution >= 0.6 is 57.9 Å². The standard InChI is InChI=1S/C38H54N2S5/c1-7-10-12-14-16-18-21-29(4)37(41-6)34-25-23-32(42-34)33-24-26-35(43-33)38-30(22-19-17-15-13-11-8-2)27-36(44-38)31(20-9-3)28-40-45-39-5/h9,20,23-28,39H,3,7-8,10-19,21-22H2,1-2,4-6H3/b31-20+,37-29+,40-28+. The fourth-order valence-electron chi connectivity index (χ4n) is 5.47. The zero-order valence-corrected chi connectivity index (χ0v) is 32.3. The van der Waals surface area contributed by atoms with Crippen molar-refractivity contribution in [3.63, 3.8) is 0 Å². The summed E-state index contributed by atoms with van der Waals surface area (Å²) in [4.78, 5) is 9.67. The van der Waals surface area contributed by atoms with Crippen molar-refractivity contribution < 1.29 is 0 Å². The van der Waals surface area contributed by atoms with Crippen LogP contribution in [0.5, 0.6) is 0 Å². The summed E-state index contributed by atoms with van der Waals surface area (Å²) in [7, 11) is 1.89. The first kappa shape index (κ1) is 38.1. The minimum absolute atomic E-state index is 1.11. The maximum Gasteiger partial charge on any atom is 0.0583 e. The van der Waals surface area contributed by atoms with Crippen LogP contribution in [0, 0.1) is 0 Å². The lowest BCUT2D eigenvalue weighted by Crippen LogP contribution is -1.88. The number of aryl methyl sites for hydroxylation is 1. The Morgan fingerprint density at radius 2 is 1.47 bits per heavy atom. The summed E-state index contributed by atoms with van der Waals surface area (Å²) in [6.07, 6.45) is 26.4. The number of rotatable bonds is 23. The average molecular weight is 699 g/mol. The van der Waals surface area contributed by atoms with E-state index in [1.807, 2.05) is 65.1 Å². The number of hydrogen-bond donors (Lipinski definition) is 1. The van der Waals surface area contributed by atoms with E-state index in [9.17, 15) is 0 Å². The molecule has 45 heavy (non-hydrogen) atoms. The first-order chi connectivity index (χ1) is 22.1. The van der Waals surface area contributed by atoms with E-state index in [0.717, 1.165) is 12.0 Å². The van der Waals surface area contributed by atoms with Gasteiger partial charge in [-0.25, -0.2) is 9.12 Å². The minimum Gasteiger partial charge on any atom is -0.247 e. The van der Waals surface area contributed by atoms with E-state index in [2.05, 4.69) is 79.1 Å². The Kier molecular flexibility index (Phi) is 18.8. The van der Waals surface area contributed by atoms with Crippen molar-refractivity contribution in [2.24, 2.45) is 4.40 Å². The lowest BCUT2D eigenvalue weighted by Gasteiger charge is -2.08. The van der Waals surface area contributed by atoms with E-state index in [1.54, 1.807) is 5.57 Å². The average Bonchev–Trinajstić information content (AvgIpc) is 3.81. The molecule has 3 rings (SSSR count). The molecule has 0 aliphatic carbocycles. The second-order valence-electron chi connectivity index (χ2n) is 11.5. The Labute approximate surface area is 295 Å². The molecule has 0 bridgehead atoms. The van der Waals surface area contributed by atoms with Crippen LogP contribution in [0.2, 0.25) is 0 Å². The molecule has 0 unspecified atom stereocenters. The van der Waals surface area contributed by atoms with Gasteiger partial charge in [-0.2, -0.15) is 0 Å². The topological polar surface area (TPSA) is 24.4 Å². The van der Waals surface area contributed by atoms with Gasteiger partial charge < -0.3 is 0 Å². The lowest BCUT2D eigenvalue weighted by atomic mass is 10.0. The summed E-state index contributed by atoms with van der Waals surface area (Å²) >= 11 is 9.05. The lowest BCUT2D eigenvalue weighted by molar-refractivity contribution is 0.607. The molecule has 3 aromatic heterocycles. The number of nitrogens with one attached hydrogen (secondary N) is 1. The molecule has 0 amide bonds. The number of hydrogen-bond acceptors (Lipinski definition) is 7. The highest BCUT2D eigenvalue weighted by molar-refractivity contribution is 8.07. The number of thiophene rings is 3. The Hall–Kier alpha value is -1.35. The molecule has 0 atom stereocenters. The third-order valence-electron chi connectivity index (χ3n) is 7.93. The van der Waals surface area contributed by atoms with Crippen LogP contribution in [-0.2, 0) is 6.42 Å². The van der Waals surface area contributed by atoms with Gasteiger partial charge in [-0.05, 0) is 81.8 Å². The van der Waals surface area contributed by atoms with Crippen molar-refractivity contribution in [1.82, 2.24) is 4.72 Å². The van der Waals surface area contributed by atoms with Crippen molar-refractivity contribution in [1.29, 1.82) is 0 Å². The number of allylic oxidation sites excluding steroid dienone is 4. The fraction of sp³-hybridized carbons (Fsp3) is 0.500. The summed E-state index contributed by atoms with van der Waals surface area (Å²) in [6, 6.07) is 11.8. The molecular formula is C38H54N2S5. The van der Waals surface area contributed by atoms with Crippen LogP contribution < -0.4 is 4.72 Å². The van der Waals surface area contributed by atoms with E-state index in [-0.39, 0.29) is 0 Å². The molecule has 3 aromatic rings. The minimum atomic E-state index is 1.11. The third-order valence-corrected chi connectivity index (χ3v) is 13.2. The molecule has 3 heterocycles. The highest BCUT2D eigenvalue weighted by atomic mass is 32.2. The molecule has 0 fully saturated rings. The maximum absolute atomic E-state index is 4.48. The predicted octanol–water partition coefficient (Wildman–Crippen LogP) is 14.4. The number of thioether (sulfide) groups is 1. The molecule has 0 radical (unpaired) electrons. The van der Waals surface area contributed by atoms with Crippen LogP contribution in [0.1, 0.15) is 120 Å². The Morgan fingerprint density at radius 3 is 2.16 bits per heavy atom. The van der Waals surface area contributed by atoms with Gasteiger partial charge in [-0.15, -0.1) is 45.8 Å². The highest BCUT2D eigenvalue weighted by Crippen LogP contribution is 2.45. The summed E-state index contributed by atoms with van der Waals surface area (Å²) in [5.41, 5.74) is 4.12. The molecule has 246 valence electrons. The van der Waals surface area contributed by atoms with Crippen LogP contribution in [0.25, 0.3) is 30.0 Å². The van der Waals surface area contributed by atoms with Gasteiger partial charge in [0.05, 0.1) is 12.1 Å². The molecule has 0 saturated carbocycles. The smallest absolute Gasteiger partial charge is 0.0583 e. The molecule has 1 N–H and O–H groups in total. The van der Waals surface area contributed by atoms with Crippen molar-refractivity contribution in [3.05, 3.63) is 70.0 Å². The van der Waals surface area contributed by atoms with Crippen LogP contribution in [-0.4, -0.2) is 19.5 Å². The van der Waals surface area contributed by atoms with Crippen LogP contribution in [0.15, 0.2) is 59.0 Å². The van der Waals surface area contributed by atoms with Crippen molar-refractivity contribution >= 4 is 74.6 Å². The SMILES string of the molecule is C=C/C=C(\C=N\SNC)c1cc(CCCCCCCC)c(-c2ccc(-c3ccc(/C(SC)=C(/C)CCCCCCCC)s3)s2)s1. The molecule has 2 nitrogen and oxygen atoms in total. The highest BCUT2D eigenvalue weighted by Gasteiger charge is 2.17. The van der Waals surface area contributed by atoms with Crippen LogP contribution in [0.3, 0.4) is 0 Å². The fourth-order valence-corrected chi connectivity index (χ4v) is 10.3. The van der Waals surface area contributed by atoms with Gasteiger partial charge in [0.2, 0.25) is 0 Å². The molecule has 0 aromatic carbocycles. The Bertz CT molecular complexity index is 1370. The first-order valence-electron chi connectivity index (χ1n) is 16.8. The van der Waals surface area contributed by atoms with Gasteiger partial charge in [-0.3, -0.25) is 0 Å². The zero-order valence-electron chi connectivity index (χ0n) is 28.2. The largest absolute Gasteiger partial charge is 0.247 e. The van der Waals surface area contributed by atoms with Crippen LogP contribution in [0.4, 0.5) is 0 Å². The van der Waals surface area contributed by atoms with Gasteiger partial charge in [-0.1, -0.05) is 102 Å². The second kappa shape index (κ2) is 22.3. The van der Waals surface area contributed by atoms with E-state index in [1.165, 1.54) is 135 Å². The van der Waals surface area contributed by atoms with Gasteiger partial charge in [0.15, 0.2) is 0 Å². The van der Waals surface area contributed by atoms with E-state index >= 15 is 0 Å². The quantitative estimate of drug-likeness (QED) is 0.0462. The normalized spacial score (nSPS) is 12.8. The van der Waals surface area contributed by atoms with Crippen molar-refractivity contribution in [2.75, 3.05) is 13.3 Å². The third kappa shape index (κ3) is 12.6.